The zero-order valence-corrected chi connectivity index (χ0v) is 18.2. The van der Waals surface area contributed by atoms with Gasteiger partial charge in [-0.25, -0.2) is 4.98 Å². The van der Waals surface area contributed by atoms with Crippen LogP contribution in [0.5, 0.6) is 0 Å². The zero-order chi connectivity index (χ0) is 22.1. The van der Waals surface area contributed by atoms with Crippen LogP contribution in [-0.4, -0.2) is 71.8 Å². The third kappa shape index (κ3) is 4.74. The van der Waals surface area contributed by atoms with E-state index in [0.29, 0.717) is 37.1 Å². The summed E-state index contributed by atoms with van der Waals surface area (Å²) < 4.78 is 24.8. The number of fused-ring (bicyclic) bond motifs is 1. The molecule has 2 aromatic rings. The van der Waals surface area contributed by atoms with Crippen LogP contribution in [0.15, 0.2) is 6.33 Å². The molecule has 30 heavy (non-hydrogen) atoms. The predicted octanol–water partition coefficient (Wildman–Crippen LogP) is 1.13. The van der Waals surface area contributed by atoms with Crippen molar-refractivity contribution >= 4 is 42.1 Å². The van der Waals surface area contributed by atoms with Crippen LogP contribution < -0.4 is 5.73 Å². The molecule has 0 saturated carbocycles. The fraction of sp³-hybridized carbons (Fsp3) is 0.625. The van der Waals surface area contributed by atoms with E-state index in [0.717, 1.165) is 0 Å². The van der Waals surface area contributed by atoms with E-state index in [1.165, 1.54) is 11.2 Å². The standard InChI is InChI=1S/C16H24ClN6O6P/c1-3-22(4-2)14(24)15(30(25,26)27)28-7-9-5-6-10(29-9)23-8-19-11-12(18)20-16(17)21-13(11)23/h8-10,15H,3-7H2,1-2H3,(H2,18,20,21)(H2,25,26,27). The van der Waals surface area contributed by atoms with Gasteiger partial charge in [-0.3, -0.25) is 13.9 Å². The van der Waals surface area contributed by atoms with E-state index in [1.54, 1.807) is 18.4 Å². The second-order valence-electron chi connectivity index (χ2n) is 6.78. The van der Waals surface area contributed by atoms with Crippen LogP contribution in [0.4, 0.5) is 5.82 Å². The Hall–Kier alpha value is -1.82. The fourth-order valence-corrected chi connectivity index (χ4v) is 4.24. The van der Waals surface area contributed by atoms with Gasteiger partial charge in [-0.15, -0.1) is 0 Å². The van der Waals surface area contributed by atoms with Crippen LogP contribution >= 0.6 is 19.2 Å². The summed E-state index contributed by atoms with van der Waals surface area (Å²) in [6.07, 6.45) is 1.72. The number of amides is 1. The minimum absolute atomic E-state index is 0.0148. The smallest absolute Gasteiger partial charge is 0.363 e. The highest BCUT2D eigenvalue weighted by Crippen LogP contribution is 2.43. The van der Waals surface area contributed by atoms with Crippen molar-refractivity contribution in [3.8, 4) is 0 Å². The van der Waals surface area contributed by atoms with E-state index in [-0.39, 0.29) is 17.7 Å². The Kier molecular flexibility index (Phi) is 6.95. The first-order valence-corrected chi connectivity index (χ1v) is 11.5. The molecule has 0 spiro atoms. The highest BCUT2D eigenvalue weighted by Gasteiger charge is 2.40. The van der Waals surface area contributed by atoms with Crippen molar-refractivity contribution in [1.82, 2.24) is 24.4 Å². The molecule has 1 aliphatic heterocycles. The maximum absolute atomic E-state index is 12.4. The molecule has 1 saturated heterocycles. The molecule has 1 fully saturated rings. The van der Waals surface area contributed by atoms with E-state index in [1.807, 2.05) is 0 Å². The molecule has 3 atom stereocenters. The number of nitrogens with two attached hydrogens (primary N) is 1. The van der Waals surface area contributed by atoms with Crippen LogP contribution in [-0.2, 0) is 18.8 Å². The van der Waals surface area contributed by atoms with Gasteiger partial charge in [-0.2, -0.15) is 9.97 Å². The van der Waals surface area contributed by atoms with E-state index in [9.17, 15) is 19.1 Å². The third-order valence-corrected chi connectivity index (χ3v) is 6.00. The largest absolute Gasteiger partial charge is 0.382 e. The second kappa shape index (κ2) is 9.13. The van der Waals surface area contributed by atoms with Crippen molar-refractivity contribution in [2.24, 2.45) is 0 Å². The highest BCUT2D eigenvalue weighted by molar-refractivity contribution is 7.53. The Balaban J connectivity index is 1.68. The monoisotopic (exact) mass is 462 g/mol. The first-order chi connectivity index (χ1) is 14.2. The normalized spacial score (nSPS) is 20.6. The number of nitrogen functional groups attached to an aromatic ring is 1. The number of hydrogen-bond acceptors (Lipinski definition) is 8. The van der Waals surface area contributed by atoms with Crippen molar-refractivity contribution in [2.45, 2.75) is 44.9 Å². The Morgan fingerprint density at radius 3 is 2.77 bits per heavy atom. The Bertz CT molecular complexity index is 963. The SMILES string of the molecule is CCN(CC)C(=O)C(OCC1CCC(n2cnc3c(N)nc(Cl)nc32)O1)P(=O)(O)O. The number of likely N-dealkylation sites (N-methyl/N-ethyl adjacent to an activating group) is 1. The molecular formula is C16H24ClN6O6P. The first kappa shape index (κ1) is 22.9. The zero-order valence-electron chi connectivity index (χ0n) is 16.5. The molecule has 12 nitrogen and oxygen atoms in total. The first-order valence-electron chi connectivity index (χ1n) is 9.42. The fourth-order valence-electron chi connectivity index (χ4n) is 3.34. The number of carbonyl (C=O) groups is 1. The number of anilines is 1. The average molecular weight is 463 g/mol. The van der Waals surface area contributed by atoms with Gasteiger partial charge in [0.15, 0.2) is 11.5 Å². The molecule has 0 aromatic carbocycles. The van der Waals surface area contributed by atoms with Crippen molar-refractivity contribution in [1.29, 1.82) is 0 Å². The molecule has 1 aliphatic rings. The summed E-state index contributed by atoms with van der Waals surface area (Å²) in [6.45, 7) is 3.93. The van der Waals surface area contributed by atoms with E-state index < -0.39 is 31.7 Å². The number of rotatable bonds is 8. The van der Waals surface area contributed by atoms with Gasteiger partial charge < -0.3 is 29.9 Å². The molecule has 1 amide bonds. The summed E-state index contributed by atoms with van der Waals surface area (Å²) in [5.41, 5.74) is 6.63. The van der Waals surface area contributed by atoms with E-state index in [4.69, 9.17) is 26.8 Å². The summed E-state index contributed by atoms with van der Waals surface area (Å²) >= 11 is 5.88. The minimum atomic E-state index is -4.81. The van der Waals surface area contributed by atoms with Crippen LogP contribution in [0, 0.1) is 0 Å². The number of aromatic nitrogens is 4. The summed E-state index contributed by atoms with van der Waals surface area (Å²) in [4.78, 5) is 45.1. The number of hydrogen-bond donors (Lipinski definition) is 3. The molecule has 3 unspecified atom stereocenters. The minimum Gasteiger partial charge on any atom is -0.382 e. The van der Waals surface area contributed by atoms with E-state index in [2.05, 4.69) is 15.0 Å². The van der Waals surface area contributed by atoms with Gasteiger partial charge in [0.1, 0.15) is 11.7 Å². The molecule has 0 bridgehead atoms. The lowest BCUT2D eigenvalue weighted by molar-refractivity contribution is -0.141. The number of nitrogens with zero attached hydrogens (tertiary/aromatic N) is 5. The lowest BCUT2D eigenvalue weighted by Crippen LogP contribution is -2.41. The van der Waals surface area contributed by atoms with Crippen molar-refractivity contribution in [3.63, 3.8) is 0 Å². The van der Waals surface area contributed by atoms with Gasteiger partial charge in [0.05, 0.1) is 19.0 Å². The molecule has 0 radical (unpaired) electrons. The highest BCUT2D eigenvalue weighted by atomic mass is 35.5. The number of carbonyl (C=O) groups excluding carboxylic acids is 1. The van der Waals surface area contributed by atoms with Gasteiger partial charge >= 0.3 is 7.60 Å². The summed E-state index contributed by atoms with van der Waals surface area (Å²) in [7, 11) is -4.81. The van der Waals surface area contributed by atoms with Crippen LogP contribution in [0.25, 0.3) is 11.2 Å². The predicted molar refractivity (Wildman–Crippen MR) is 108 cm³/mol. The van der Waals surface area contributed by atoms with Gasteiger partial charge in [0.2, 0.25) is 11.1 Å². The molecule has 166 valence electrons. The maximum Gasteiger partial charge on any atom is 0.363 e. The van der Waals surface area contributed by atoms with Crippen molar-refractivity contribution in [3.05, 3.63) is 11.6 Å². The molecule has 4 N–H and O–H groups in total. The van der Waals surface area contributed by atoms with Gasteiger partial charge in [0, 0.05) is 13.1 Å². The lowest BCUT2D eigenvalue weighted by atomic mass is 10.2. The second-order valence-corrected chi connectivity index (χ2v) is 8.76. The van der Waals surface area contributed by atoms with Crippen LogP contribution in [0.3, 0.4) is 0 Å². The Morgan fingerprint density at radius 2 is 2.13 bits per heavy atom. The van der Waals surface area contributed by atoms with E-state index >= 15 is 0 Å². The molecule has 0 aliphatic carbocycles. The summed E-state index contributed by atoms with van der Waals surface area (Å²) in [5, 5.41) is -0.0148. The van der Waals surface area contributed by atoms with Crippen molar-refractivity contribution in [2.75, 3.05) is 25.4 Å². The van der Waals surface area contributed by atoms with Crippen LogP contribution in [0.1, 0.15) is 32.9 Å². The molecule has 2 aromatic heterocycles. The molecular weight excluding hydrogens is 439 g/mol. The van der Waals surface area contributed by atoms with Gasteiger partial charge in [-0.1, -0.05) is 0 Å². The third-order valence-electron chi connectivity index (χ3n) is 4.85. The topological polar surface area (TPSA) is 166 Å². The van der Waals surface area contributed by atoms with Gasteiger partial charge in [-0.05, 0) is 38.3 Å². The summed E-state index contributed by atoms with van der Waals surface area (Å²) in [6, 6.07) is 0. The van der Waals surface area contributed by atoms with Crippen molar-refractivity contribution < 1.29 is 28.6 Å². The van der Waals surface area contributed by atoms with Crippen LogP contribution in [0.2, 0.25) is 5.28 Å². The average Bonchev–Trinajstić information content (AvgIpc) is 3.28. The summed E-state index contributed by atoms with van der Waals surface area (Å²) in [5.74, 6) is -2.45. The van der Waals surface area contributed by atoms with Gasteiger partial charge in [0.25, 0.3) is 5.91 Å². The quantitative estimate of drug-likeness (QED) is 0.382. The number of ether oxygens (including phenoxy) is 2. The lowest BCUT2D eigenvalue weighted by Gasteiger charge is -2.26. The Morgan fingerprint density at radius 1 is 1.43 bits per heavy atom. The molecule has 3 rings (SSSR count). The number of imidazole rings is 1. The maximum atomic E-state index is 12.4. The Labute approximate surface area is 177 Å². The molecule has 3 heterocycles. The number of halogens is 1. The molecule has 14 heteroatoms.